The van der Waals surface area contributed by atoms with Crippen LogP contribution in [0.3, 0.4) is 0 Å². The van der Waals surface area contributed by atoms with E-state index < -0.39 is 10.8 Å². The molecule has 0 N–H and O–H groups in total. The summed E-state index contributed by atoms with van der Waals surface area (Å²) >= 11 is 0. The smallest absolute Gasteiger partial charge is 0.269 e. The van der Waals surface area contributed by atoms with Crippen molar-refractivity contribution < 1.29 is 9.72 Å². The molecule has 1 heterocycles. The third kappa shape index (κ3) is 2.40. The van der Waals surface area contributed by atoms with E-state index in [1.807, 2.05) is 0 Å². The Morgan fingerprint density at radius 3 is 2.39 bits per heavy atom. The maximum Gasteiger partial charge on any atom is 0.269 e. The summed E-state index contributed by atoms with van der Waals surface area (Å²) in [6.45, 7) is 0. The van der Waals surface area contributed by atoms with Crippen LogP contribution < -0.4 is 0 Å². The Hall–Kier alpha value is -2.56. The van der Waals surface area contributed by atoms with E-state index in [-0.39, 0.29) is 5.69 Å². The lowest BCUT2D eigenvalue weighted by Crippen LogP contribution is -2.04. The number of aldehydes is 1. The molecule has 1 unspecified atom stereocenters. The summed E-state index contributed by atoms with van der Waals surface area (Å²) in [4.78, 5) is 25.3. The molecule has 0 radical (unpaired) electrons. The highest BCUT2D eigenvalue weighted by Gasteiger charge is 2.15. The molecule has 0 aliphatic heterocycles. The molecular formula is C13H10N2O3. The van der Waals surface area contributed by atoms with Crippen molar-refractivity contribution >= 4 is 12.0 Å². The molecule has 5 nitrogen and oxygen atoms in total. The molecule has 0 spiro atoms. The number of nitrogens with zero attached hydrogens (tertiary/aromatic N) is 2. The molecule has 1 atom stereocenters. The number of pyridine rings is 1. The molecule has 90 valence electrons. The molecule has 0 amide bonds. The highest BCUT2D eigenvalue weighted by atomic mass is 16.6. The minimum absolute atomic E-state index is 0.00409. The molecule has 2 aromatic rings. The van der Waals surface area contributed by atoms with Crippen molar-refractivity contribution in [2.24, 2.45) is 0 Å². The van der Waals surface area contributed by atoms with E-state index in [4.69, 9.17) is 0 Å². The molecule has 0 fully saturated rings. The molecule has 1 aromatic heterocycles. The number of hydrogen-bond acceptors (Lipinski definition) is 4. The van der Waals surface area contributed by atoms with Gasteiger partial charge in [0, 0.05) is 18.3 Å². The minimum atomic E-state index is -0.494. The van der Waals surface area contributed by atoms with Crippen molar-refractivity contribution in [2.45, 2.75) is 5.92 Å². The van der Waals surface area contributed by atoms with Gasteiger partial charge in [0.15, 0.2) is 0 Å². The summed E-state index contributed by atoms with van der Waals surface area (Å²) in [6.07, 6.45) is 2.39. The summed E-state index contributed by atoms with van der Waals surface area (Å²) in [5, 5.41) is 10.5. The standard InChI is InChI=1S/C13H10N2O3/c16-9-12(13-3-1-2-8-14-13)10-4-6-11(7-5-10)15(17)18/h1-9,12H. The quantitative estimate of drug-likeness (QED) is 0.468. The van der Waals surface area contributed by atoms with E-state index in [2.05, 4.69) is 4.98 Å². The summed E-state index contributed by atoms with van der Waals surface area (Å²) in [5.41, 5.74) is 1.32. The van der Waals surface area contributed by atoms with Gasteiger partial charge in [-0.15, -0.1) is 0 Å². The number of carbonyl (C=O) groups excluding carboxylic acids is 1. The average molecular weight is 242 g/mol. The zero-order valence-electron chi connectivity index (χ0n) is 9.39. The summed E-state index contributed by atoms with van der Waals surface area (Å²) in [6, 6.07) is 11.2. The Balaban J connectivity index is 2.34. The van der Waals surface area contributed by atoms with E-state index in [0.717, 1.165) is 6.29 Å². The van der Waals surface area contributed by atoms with Crippen molar-refractivity contribution in [1.82, 2.24) is 4.98 Å². The van der Waals surface area contributed by atoms with Crippen molar-refractivity contribution in [2.75, 3.05) is 0 Å². The largest absolute Gasteiger partial charge is 0.302 e. The lowest BCUT2D eigenvalue weighted by Gasteiger charge is -2.09. The Morgan fingerprint density at radius 1 is 1.17 bits per heavy atom. The van der Waals surface area contributed by atoms with Gasteiger partial charge in [0.05, 0.1) is 16.5 Å². The number of hydrogen-bond donors (Lipinski definition) is 0. The van der Waals surface area contributed by atoms with E-state index in [1.54, 1.807) is 36.5 Å². The zero-order chi connectivity index (χ0) is 13.0. The van der Waals surface area contributed by atoms with Crippen LogP contribution in [0.1, 0.15) is 17.2 Å². The molecular weight excluding hydrogens is 232 g/mol. The molecule has 5 heteroatoms. The summed E-state index contributed by atoms with van der Waals surface area (Å²) in [5.74, 6) is -0.494. The van der Waals surface area contributed by atoms with Crippen LogP contribution in [0, 0.1) is 10.1 Å². The van der Waals surface area contributed by atoms with Crippen LogP contribution >= 0.6 is 0 Å². The highest BCUT2D eigenvalue weighted by Crippen LogP contribution is 2.22. The van der Waals surface area contributed by atoms with Crippen LogP contribution in [-0.4, -0.2) is 16.2 Å². The van der Waals surface area contributed by atoms with E-state index >= 15 is 0 Å². The number of aromatic nitrogens is 1. The number of carbonyl (C=O) groups is 1. The Morgan fingerprint density at radius 2 is 1.89 bits per heavy atom. The third-order valence-electron chi connectivity index (χ3n) is 2.61. The molecule has 0 saturated heterocycles. The molecule has 1 aromatic carbocycles. The second-order valence-electron chi connectivity index (χ2n) is 3.72. The fourth-order valence-electron chi connectivity index (χ4n) is 1.68. The fraction of sp³-hybridized carbons (Fsp3) is 0.0769. The van der Waals surface area contributed by atoms with Crippen LogP contribution in [0.2, 0.25) is 0 Å². The predicted molar refractivity (Wildman–Crippen MR) is 65.2 cm³/mol. The van der Waals surface area contributed by atoms with Gasteiger partial charge in [0.1, 0.15) is 6.29 Å². The fourth-order valence-corrected chi connectivity index (χ4v) is 1.68. The molecule has 0 aliphatic rings. The molecule has 2 rings (SSSR count). The van der Waals surface area contributed by atoms with Gasteiger partial charge in [-0.25, -0.2) is 0 Å². The first-order valence-corrected chi connectivity index (χ1v) is 5.33. The van der Waals surface area contributed by atoms with E-state index in [1.165, 1.54) is 12.1 Å². The first-order valence-electron chi connectivity index (χ1n) is 5.33. The van der Waals surface area contributed by atoms with Crippen molar-refractivity contribution in [1.29, 1.82) is 0 Å². The van der Waals surface area contributed by atoms with Gasteiger partial charge in [-0.3, -0.25) is 15.1 Å². The zero-order valence-corrected chi connectivity index (χ0v) is 9.39. The maximum absolute atomic E-state index is 11.2. The van der Waals surface area contributed by atoms with E-state index in [0.29, 0.717) is 11.3 Å². The predicted octanol–water partition coefficient (Wildman–Crippen LogP) is 2.32. The second-order valence-corrected chi connectivity index (χ2v) is 3.72. The van der Waals surface area contributed by atoms with Crippen LogP contribution in [-0.2, 0) is 4.79 Å². The van der Waals surface area contributed by atoms with Crippen LogP contribution in [0.15, 0.2) is 48.7 Å². The number of nitro groups is 1. The Labute approximate surface area is 103 Å². The van der Waals surface area contributed by atoms with E-state index in [9.17, 15) is 14.9 Å². The third-order valence-corrected chi connectivity index (χ3v) is 2.61. The van der Waals surface area contributed by atoms with Gasteiger partial charge < -0.3 is 4.79 Å². The van der Waals surface area contributed by atoms with Gasteiger partial charge in [-0.2, -0.15) is 0 Å². The minimum Gasteiger partial charge on any atom is -0.302 e. The first kappa shape index (κ1) is 11.9. The lowest BCUT2D eigenvalue weighted by atomic mass is 9.96. The highest BCUT2D eigenvalue weighted by molar-refractivity contribution is 5.67. The molecule has 18 heavy (non-hydrogen) atoms. The topological polar surface area (TPSA) is 73.1 Å². The number of benzene rings is 1. The Bertz CT molecular complexity index is 552. The molecule has 0 aliphatic carbocycles. The Kier molecular flexibility index (Phi) is 3.43. The van der Waals surface area contributed by atoms with Gasteiger partial charge in [0.2, 0.25) is 0 Å². The summed E-state index contributed by atoms with van der Waals surface area (Å²) in [7, 11) is 0. The first-order chi connectivity index (χ1) is 8.72. The van der Waals surface area contributed by atoms with Gasteiger partial charge >= 0.3 is 0 Å². The summed E-state index contributed by atoms with van der Waals surface area (Å²) < 4.78 is 0. The molecule has 0 saturated carbocycles. The van der Waals surface area contributed by atoms with Gasteiger partial charge in [-0.1, -0.05) is 18.2 Å². The SMILES string of the molecule is O=CC(c1ccc([N+](=O)[O-])cc1)c1ccccn1. The van der Waals surface area contributed by atoms with Crippen molar-refractivity contribution in [3.8, 4) is 0 Å². The van der Waals surface area contributed by atoms with Crippen molar-refractivity contribution in [3.63, 3.8) is 0 Å². The molecule has 0 bridgehead atoms. The van der Waals surface area contributed by atoms with Crippen LogP contribution in [0.25, 0.3) is 0 Å². The second kappa shape index (κ2) is 5.18. The van der Waals surface area contributed by atoms with Gasteiger partial charge in [0.25, 0.3) is 5.69 Å². The normalized spacial score (nSPS) is 11.8. The van der Waals surface area contributed by atoms with Crippen LogP contribution in [0.4, 0.5) is 5.69 Å². The number of rotatable bonds is 4. The van der Waals surface area contributed by atoms with Crippen molar-refractivity contribution in [3.05, 3.63) is 70.0 Å². The lowest BCUT2D eigenvalue weighted by molar-refractivity contribution is -0.384. The maximum atomic E-state index is 11.2. The number of nitro benzene ring substituents is 1. The number of non-ortho nitro benzene ring substituents is 1. The van der Waals surface area contributed by atoms with Gasteiger partial charge in [-0.05, 0) is 17.7 Å². The average Bonchev–Trinajstić information content (AvgIpc) is 2.41. The monoisotopic (exact) mass is 242 g/mol. The van der Waals surface area contributed by atoms with Crippen LogP contribution in [0.5, 0.6) is 0 Å².